The van der Waals surface area contributed by atoms with Gasteiger partial charge in [0.2, 0.25) is 0 Å². The minimum absolute atomic E-state index is 0.0522. The standard InChI is InChI=1S/C14H18O4/c1-9-8-13(17-3)10(2)7-11(9)12(15)5-6-14(16)18-4/h7-8H,5-6H2,1-4H3. The summed E-state index contributed by atoms with van der Waals surface area (Å²) in [5.74, 6) is 0.340. The van der Waals surface area contributed by atoms with Crippen LogP contribution in [0.5, 0.6) is 5.75 Å². The molecule has 0 aromatic heterocycles. The van der Waals surface area contributed by atoms with E-state index in [0.717, 1.165) is 16.9 Å². The Hall–Kier alpha value is -1.84. The van der Waals surface area contributed by atoms with Crippen LogP contribution in [-0.2, 0) is 9.53 Å². The van der Waals surface area contributed by atoms with Crippen LogP contribution in [0.3, 0.4) is 0 Å². The molecule has 0 aliphatic heterocycles. The second-order valence-corrected chi connectivity index (χ2v) is 4.14. The van der Waals surface area contributed by atoms with Gasteiger partial charge < -0.3 is 9.47 Å². The molecule has 4 nitrogen and oxygen atoms in total. The Bertz CT molecular complexity index is 463. The number of carbonyl (C=O) groups excluding carboxylic acids is 2. The fourth-order valence-corrected chi connectivity index (χ4v) is 1.76. The quantitative estimate of drug-likeness (QED) is 0.595. The maximum absolute atomic E-state index is 12.0. The molecule has 0 fully saturated rings. The van der Waals surface area contributed by atoms with Crippen molar-refractivity contribution in [1.29, 1.82) is 0 Å². The Balaban J connectivity index is 2.86. The molecule has 1 aromatic carbocycles. The van der Waals surface area contributed by atoms with Gasteiger partial charge in [0.1, 0.15) is 5.75 Å². The topological polar surface area (TPSA) is 52.6 Å². The monoisotopic (exact) mass is 250 g/mol. The number of aryl methyl sites for hydroxylation is 2. The molecule has 0 unspecified atom stereocenters. The third-order valence-corrected chi connectivity index (χ3v) is 2.83. The van der Waals surface area contributed by atoms with Crippen molar-refractivity contribution >= 4 is 11.8 Å². The minimum atomic E-state index is -0.369. The summed E-state index contributed by atoms with van der Waals surface area (Å²) in [6, 6.07) is 3.63. The Morgan fingerprint density at radius 2 is 1.72 bits per heavy atom. The molecule has 18 heavy (non-hydrogen) atoms. The van der Waals surface area contributed by atoms with Crippen LogP contribution in [-0.4, -0.2) is 26.0 Å². The van der Waals surface area contributed by atoms with Gasteiger partial charge in [-0.15, -0.1) is 0 Å². The van der Waals surface area contributed by atoms with Crippen LogP contribution >= 0.6 is 0 Å². The van der Waals surface area contributed by atoms with E-state index in [1.165, 1.54) is 7.11 Å². The molecule has 0 bridgehead atoms. The second kappa shape index (κ2) is 6.19. The fraction of sp³-hybridized carbons (Fsp3) is 0.429. The summed E-state index contributed by atoms with van der Waals surface area (Å²) >= 11 is 0. The van der Waals surface area contributed by atoms with Crippen molar-refractivity contribution in [3.8, 4) is 5.75 Å². The Morgan fingerprint density at radius 3 is 2.28 bits per heavy atom. The highest BCUT2D eigenvalue weighted by molar-refractivity contribution is 5.99. The minimum Gasteiger partial charge on any atom is -0.496 e. The molecule has 0 aliphatic carbocycles. The van der Waals surface area contributed by atoms with E-state index < -0.39 is 0 Å². The lowest BCUT2D eigenvalue weighted by Gasteiger charge is -2.10. The zero-order valence-corrected chi connectivity index (χ0v) is 11.2. The first kappa shape index (κ1) is 14.2. The van der Waals surface area contributed by atoms with E-state index in [1.807, 2.05) is 19.9 Å². The molecule has 1 aromatic rings. The number of methoxy groups -OCH3 is 2. The van der Waals surface area contributed by atoms with Crippen LogP contribution in [0.4, 0.5) is 0 Å². The summed E-state index contributed by atoms with van der Waals surface area (Å²) in [7, 11) is 2.91. The molecule has 0 amide bonds. The summed E-state index contributed by atoms with van der Waals surface area (Å²) in [6.07, 6.45) is 0.277. The number of ketones is 1. The van der Waals surface area contributed by atoms with Crippen molar-refractivity contribution in [3.05, 3.63) is 28.8 Å². The number of hydrogen-bond acceptors (Lipinski definition) is 4. The van der Waals surface area contributed by atoms with E-state index in [-0.39, 0.29) is 24.6 Å². The maximum Gasteiger partial charge on any atom is 0.305 e. The number of carbonyl (C=O) groups is 2. The van der Waals surface area contributed by atoms with E-state index in [0.29, 0.717) is 5.56 Å². The van der Waals surface area contributed by atoms with Gasteiger partial charge in [-0.05, 0) is 37.1 Å². The normalized spacial score (nSPS) is 10.0. The third-order valence-electron chi connectivity index (χ3n) is 2.83. The van der Waals surface area contributed by atoms with Gasteiger partial charge in [-0.25, -0.2) is 0 Å². The lowest BCUT2D eigenvalue weighted by atomic mass is 9.98. The van der Waals surface area contributed by atoms with Crippen molar-refractivity contribution in [2.24, 2.45) is 0 Å². The molecule has 0 radical (unpaired) electrons. The van der Waals surface area contributed by atoms with Crippen molar-refractivity contribution in [2.75, 3.05) is 14.2 Å². The highest BCUT2D eigenvalue weighted by Gasteiger charge is 2.13. The lowest BCUT2D eigenvalue weighted by Crippen LogP contribution is -2.08. The molecule has 0 aliphatic rings. The van der Waals surface area contributed by atoms with Crippen molar-refractivity contribution in [3.63, 3.8) is 0 Å². The summed E-state index contributed by atoms with van der Waals surface area (Å²) in [5.41, 5.74) is 2.40. The molecule has 0 N–H and O–H groups in total. The average Bonchev–Trinajstić information content (AvgIpc) is 2.37. The number of hydrogen-bond donors (Lipinski definition) is 0. The number of esters is 1. The Morgan fingerprint density at radius 1 is 1.06 bits per heavy atom. The van der Waals surface area contributed by atoms with Gasteiger partial charge in [-0.1, -0.05) is 0 Å². The van der Waals surface area contributed by atoms with Gasteiger partial charge in [-0.3, -0.25) is 9.59 Å². The average molecular weight is 250 g/mol. The Kier molecular flexibility index (Phi) is 4.89. The molecular weight excluding hydrogens is 232 g/mol. The molecule has 98 valence electrons. The molecule has 0 saturated heterocycles. The fourth-order valence-electron chi connectivity index (χ4n) is 1.76. The second-order valence-electron chi connectivity index (χ2n) is 4.14. The predicted octanol–water partition coefficient (Wildman–Crippen LogP) is 2.45. The summed E-state index contributed by atoms with van der Waals surface area (Å²) in [4.78, 5) is 23.0. The summed E-state index contributed by atoms with van der Waals surface area (Å²) in [5, 5.41) is 0. The summed E-state index contributed by atoms with van der Waals surface area (Å²) < 4.78 is 9.71. The zero-order valence-electron chi connectivity index (χ0n) is 11.2. The van der Waals surface area contributed by atoms with Gasteiger partial charge in [-0.2, -0.15) is 0 Å². The molecule has 0 heterocycles. The van der Waals surface area contributed by atoms with Crippen LogP contribution in [0.1, 0.15) is 34.3 Å². The number of benzene rings is 1. The Labute approximate surface area is 107 Å². The van der Waals surface area contributed by atoms with E-state index in [4.69, 9.17) is 4.74 Å². The lowest BCUT2D eigenvalue weighted by molar-refractivity contribution is -0.140. The van der Waals surface area contributed by atoms with Gasteiger partial charge >= 0.3 is 5.97 Å². The van der Waals surface area contributed by atoms with Crippen LogP contribution in [0.15, 0.2) is 12.1 Å². The van der Waals surface area contributed by atoms with Crippen molar-refractivity contribution < 1.29 is 19.1 Å². The van der Waals surface area contributed by atoms with Crippen molar-refractivity contribution in [2.45, 2.75) is 26.7 Å². The molecular formula is C14H18O4. The summed E-state index contributed by atoms with van der Waals surface area (Å²) in [6.45, 7) is 3.74. The molecule has 1 rings (SSSR count). The maximum atomic E-state index is 12.0. The van der Waals surface area contributed by atoms with Crippen LogP contribution in [0.2, 0.25) is 0 Å². The first-order chi connectivity index (χ1) is 8.49. The first-order valence-electron chi connectivity index (χ1n) is 5.74. The first-order valence-corrected chi connectivity index (χ1v) is 5.74. The molecule has 0 atom stereocenters. The van der Waals surface area contributed by atoms with E-state index in [9.17, 15) is 9.59 Å². The highest BCUT2D eigenvalue weighted by atomic mass is 16.5. The van der Waals surface area contributed by atoms with Gasteiger partial charge in [0.05, 0.1) is 20.6 Å². The smallest absolute Gasteiger partial charge is 0.305 e. The van der Waals surface area contributed by atoms with Crippen LogP contribution in [0, 0.1) is 13.8 Å². The number of rotatable bonds is 5. The molecule has 4 heteroatoms. The zero-order chi connectivity index (χ0) is 13.7. The van der Waals surface area contributed by atoms with Gasteiger partial charge in [0.25, 0.3) is 0 Å². The number of ether oxygens (including phenoxy) is 2. The highest BCUT2D eigenvalue weighted by Crippen LogP contribution is 2.23. The largest absolute Gasteiger partial charge is 0.496 e. The van der Waals surface area contributed by atoms with E-state index in [2.05, 4.69) is 4.74 Å². The SMILES string of the molecule is COC(=O)CCC(=O)c1cc(C)c(OC)cc1C. The van der Waals surface area contributed by atoms with Gasteiger partial charge in [0.15, 0.2) is 5.78 Å². The van der Waals surface area contributed by atoms with Crippen LogP contribution in [0.25, 0.3) is 0 Å². The van der Waals surface area contributed by atoms with Gasteiger partial charge in [0, 0.05) is 12.0 Å². The number of Topliss-reactive ketones (excluding diaryl/α,β-unsaturated/α-hetero) is 1. The predicted molar refractivity (Wildman–Crippen MR) is 68.0 cm³/mol. The van der Waals surface area contributed by atoms with Crippen molar-refractivity contribution in [1.82, 2.24) is 0 Å². The van der Waals surface area contributed by atoms with Crippen LogP contribution < -0.4 is 4.74 Å². The molecule has 0 spiro atoms. The molecule has 0 saturated carbocycles. The third kappa shape index (κ3) is 3.32. The van der Waals surface area contributed by atoms with E-state index in [1.54, 1.807) is 13.2 Å². The van der Waals surface area contributed by atoms with E-state index >= 15 is 0 Å².